The van der Waals surface area contributed by atoms with Gasteiger partial charge in [-0.15, -0.1) is 0 Å². The molecule has 0 unspecified atom stereocenters. The molecule has 2 aromatic carbocycles. The number of ether oxygens (including phenoxy) is 1. The third kappa shape index (κ3) is 4.85. The second-order valence-electron chi connectivity index (χ2n) is 9.26. The van der Waals surface area contributed by atoms with E-state index in [1.807, 2.05) is 36.4 Å². The fourth-order valence-electron chi connectivity index (χ4n) is 3.83. The lowest BCUT2D eigenvalue weighted by atomic mass is 9.73. The van der Waals surface area contributed by atoms with Crippen LogP contribution in [-0.4, -0.2) is 53.0 Å². The summed E-state index contributed by atoms with van der Waals surface area (Å²) in [6.45, 7) is 6.33. The summed E-state index contributed by atoms with van der Waals surface area (Å²) in [5, 5.41) is 23.4. The van der Waals surface area contributed by atoms with Crippen LogP contribution in [0.3, 0.4) is 0 Å². The van der Waals surface area contributed by atoms with Crippen LogP contribution in [0, 0.1) is 5.41 Å². The molecule has 3 rings (SSSR count). The van der Waals surface area contributed by atoms with Crippen molar-refractivity contribution >= 4 is 18.0 Å². The minimum atomic E-state index is -1.71. The number of hydrogen-bond acceptors (Lipinski definition) is 5. The molecule has 8 nitrogen and oxygen atoms in total. The number of fused-ring (bicyclic) bond motifs is 3. The largest absolute Gasteiger partial charge is 0.479 e. The van der Waals surface area contributed by atoms with E-state index in [0.29, 0.717) is 0 Å². The Balaban J connectivity index is 1.64. The van der Waals surface area contributed by atoms with Gasteiger partial charge in [-0.05, 0) is 49.9 Å². The van der Waals surface area contributed by atoms with E-state index in [1.54, 1.807) is 27.7 Å². The molecular weight excluding hydrogens is 424 g/mol. The Morgan fingerprint density at radius 3 is 2.00 bits per heavy atom. The van der Waals surface area contributed by atoms with Crippen LogP contribution in [-0.2, 0) is 14.3 Å². The average Bonchev–Trinajstić information content (AvgIpc) is 3.09. The standard InChI is InChI=1S/C25H30N2O6/c1-24(2,22(31)26-13-20(28)21(29)30)25(3,4)27-23(32)33-14-19-17-11-7-5-9-15(17)16-10-6-8-12-18(16)19/h5-12,19-20,28H,13-14H2,1-4H3,(H,26,31)(H,27,32)(H,29,30)/t20-/m0/s1. The molecule has 0 fully saturated rings. The Bertz CT molecular complexity index is 1020. The molecule has 0 radical (unpaired) electrons. The summed E-state index contributed by atoms with van der Waals surface area (Å²) >= 11 is 0. The molecule has 0 aliphatic heterocycles. The number of aliphatic hydroxyl groups excluding tert-OH is 1. The third-order valence-electron chi connectivity index (χ3n) is 6.63. The van der Waals surface area contributed by atoms with E-state index in [0.717, 1.165) is 22.3 Å². The summed E-state index contributed by atoms with van der Waals surface area (Å²) in [6.07, 6.45) is -2.36. The van der Waals surface area contributed by atoms with Crippen LogP contribution in [0.1, 0.15) is 44.7 Å². The highest BCUT2D eigenvalue weighted by Crippen LogP contribution is 2.44. The maximum absolute atomic E-state index is 12.7. The normalized spacial score (nSPS) is 14.1. The number of aliphatic hydroxyl groups is 1. The molecule has 8 heteroatoms. The van der Waals surface area contributed by atoms with Crippen molar-refractivity contribution in [2.45, 2.75) is 45.3 Å². The summed E-state index contributed by atoms with van der Waals surface area (Å²) < 4.78 is 5.58. The van der Waals surface area contributed by atoms with Gasteiger partial charge >= 0.3 is 12.1 Å². The zero-order valence-corrected chi connectivity index (χ0v) is 19.2. The summed E-state index contributed by atoms with van der Waals surface area (Å²) in [7, 11) is 0. The molecule has 0 saturated heterocycles. The molecule has 1 aliphatic carbocycles. The van der Waals surface area contributed by atoms with E-state index < -0.39 is 41.6 Å². The van der Waals surface area contributed by atoms with Gasteiger partial charge in [-0.25, -0.2) is 9.59 Å². The highest BCUT2D eigenvalue weighted by Gasteiger charge is 2.45. The van der Waals surface area contributed by atoms with Crippen LogP contribution in [0.5, 0.6) is 0 Å². The molecule has 176 valence electrons. The van der Waals surface area contributed by atoms with E-state index in [4.69, 9.17) is 9.84 Å². The summed E-state index contributed by atoms with van der Waals surface area (Å²) in [5.74, 6) is -2.02. The number of amides is 2. The number of rotatable bonds is 8. The molecule has 4 N–H and O–H groups in total. The number of aliphatic carboxylic acids is 1. The Hall–Kier alpha value is -3.39. The molecule has 0 bridgehead atoms. The number of benzene rings is 2. The maximum atomic E-state index is 12.7. The van der Waals surface area contributed by atoms with Gasteiger partial charge in [-0.2, -0.15) is 0 Å². The number of carboxylic acid groups (broad SMARTS) is 1. The summed E-state index contributed by atoms with van der Waals surface area (Å²) in [6, 6.07) is 16.1. The zero-order chi connectivity index (χ0) is 24.4. The minimum absolute atomic E-state index is 0.0833. The van der Waals surface area contributed by atoms with Crippen molar-refractivity contribution in [2.75, 3.05) is 13.2 Å². The van der Waals surface area contributed by atoms with Crippen LogP contribution in [0.4, 0.5) is 4.79 Å². The summed E-state index contributed by atoms with van der Waals surface area (Å²) in [4.78, 5) is 36.1. The number of nitrogens with one attached hydrogen (secondary N) is 2. The fraction of sp³-hybridized carbons (Fsp3) is 0.400. The average molecular weight is 455 g/mol. The third-order valence-corrected chi connectivity index (χ3v) is 6.63. The quantitative estimate of drug-likeness (QED) is 0.486. The van der Waals surface area contributed by atoms with Crippen LogP contribution in [0.15, 0.2) is 48.5 Å². The van der Waals surface area contributed by atoms with Crippen LogP contribution >= 0.6 is 0 Å². The maximum Gasteiger partial charge on any atom is 0.407 e. The molecular formula is C25H30N2O6. The fourth-order valence-corrected chi connectivity index (χ4v) is 3.83. The number of alkyl carbamates (subject to hydrolysis) is 1. The van der Waals surface area contributed by atoms with Crippen molar-refractivity contribution in [3.63, 3.8) is 0 Å². The van der Waals surface area contributed by atoms with Crippen molar-refractivity contribution in [3.05, 3.63) is 59.7 Å². The van der Waals surface area contributed by atoms with Crippen molar-refractivity contribution in [1.29, 1.82) is 0 Å². The first-order valence-corrected chi connectivity index (χ1v) is 10.8. The molecule has 1 aliphatic rings. The first-order chi connectivity index (χ1) is 15.5. The Morgan fingerprint density at radius 1 is 0.970 bits per heavy atom. The van der Waals surface area contributed by atoms with Crippen molar-refractivity contribution < 1.29 is 29.3 Å². The van der Waals surface area contributed by atoms with Gasteiger partial charge < -0.3 is 25.6 Å². The SMILES string of the molecule is CC(C)(NC(=O)OCC1c2ccccc2-c2ccccc21)C(C)(C)C(=O)NC[C@H](O)C(=O)O. The van der Waals surface area contributed by atoms with Gasteiger partial charge in [-0.1, -0.05) is 48.5 Å². The van der Waals surface area contributed by atoms with Crippen LogP contribution < -0.4 is 10.6 Å². The molecule has 33 heavy (non-hydrogen) atoms. The zero-order valence-electron chi connectivity index (χ0n) is 19.2. The molecule has 2 amide bonds. The molecule has 0 aromatic heterocycles. The highest BCUT2D eigenvalue weighted by molar-refractivity contribution is 5.85. The lowest BCUT2D eigenvalue weighted by Crippen LogP contribution is -2.60. The monoisotopic (exact) mass is 454 g/mol. The van der Waals surface area contributed by atoms with Gasteiger partial charge in [0.2, 0.25) is 5.91 Å². The molecule has 0 saturated carbocycles. The molecule has 2 aromatic rings. The predicted octanol–water partition coefficient (Wildman–Crippen LogP) is 2.89. The first-order valence-electron chi connectivity index (χ1n) is 10.8. The topological polar surface area (TPSA) is 125 Å². The smallest absolute Gasteiger partial charge is 0.407 e. The Labute approximate surface area is 193 Å². The molecule has 1 atom stereocenters. The lowest BCUT2D eigenvalue weighted by Gasteiger charge is -2.40. The van der Waals surface area contributed by atoms with Crippen LogP contribution in [0.2, 0.25) is 0 Å². The second-order valence-corrected chi connectivity index (χ2v) is 9.26. The van der Waals surface area contributed by atoms with Crippen molar-refractivity contribution in [1.82, 2.24) is 10.6 Å². The van der Waals surface area contributed by atoms with Gasteiger partial charge in [0.1, 0.15) is 6.61 Å². The number of carbonyl (C=O) groups is 3. The minimum Gasteiger partial charge on any atom is -0.479 e. The van der Waals surface area contributed by atoms with Gasteiger partial charge in [-0.3, -0.25) is 4.79 Å². The van der Waals surface area contributed by atoms with Crippen molar-refractivity contribution in [3.8, 4) is 11.1 Å². The Kier molecular flexibility index (Phi) is 6.78. The van der Waals surface area contributed by atoms with Gasteiger partial charge in [0.05, 0.1) is 17.5 Å². The first kappa shape index (κ1) is 24.3. The van der Waals surface area contributed by atoms with Crippen molar-refractivity contribution in [2.24, 2.45) is 5.41 Å². The van der Waals surface area contributed by atoms with E-state index in [1.165, 1.54) is 0 Å². The van der Waals surface area contributed by atoms with Crippen LogP contribution in [0.25, 0.3) is 11.1 Å². The van der Waals surface area contributed by atoms with Gasteiger partial charge in [0.15, 0.2) is 6.10 Å². The van der Waals surface area contributed by atoms with E-state index >= 15 is 0 Å². The highest BCUT2D eigenvalue weighted by atomic mass is 16.5. The van der Waals surface area contributed by atoms with E-state index in [9.17, 15) is 19.5 Å². The Morgan fingerprint density at radius 2 is 1.48 bits per heavy atom. The lowest BCUT2D eigenvalue weighted by molar-refractivity contribution is -0.146. The number of hydrogen-bond donors (Lipinski definition) is 4. The van der Waals surface area contributed by atoms with Gasteiger partial charge in [0, 0.05) is 5.92 Å². The van der Waals surface area contributed by atoms with E-state index in [2.05, 4.69) is 22.8 Å². The second kappa shape index (κ2) is 9.23. The summed E-state index contributed by atoms with van der Waals surface area (Å²) in [5.41, 5.74) is 2.29. The number of carbonyl (C=O) groups excluding carboxylic acids is 2. The number of carboxylic acids is 1. The molecule has 0 heterocycles. The van der Waals surface area contributed by atoms with Gasteiger partial charge in [0.25, 0.3) is 0 Å². The predicted molar refractivity (Wildman–Crippen MR) is 123 cm³/mol. The molecule has 0 spiro atoms. The van der Waals surface area contributed by atoms with E-state index in [-0.39, 0.29) is 12.5 Å².